The van der Waals surface area contributed by atoms with Gasteiger partial charge in [-0.05, 0) is 0 Å². The lowest BCUT2D eigenvalue weighted by Crippen LogP contribution is -2.52. The van der Waals surface area contributed by atoms with Crippen molar-refractivity contribution in [1.29, 1.82) is 0 Å². The van der Waals surface area contributed by atoms with Crippen molar-refractivity contribution in [2.45, 2.75) is 19.0 Å². The number of aromatic nitrogens is 2. The van der Waals surface area contributed by atoms with Crippen molar-refractivity contribution in [3.8, 4) is 0 Å². The summed E-state index contributed by atoms with van der Waals surface area (Å²) in [6.45, 7) is -0.629. The van der Waals surface area contributed by atoms with E-state index in [0.29, 0.717) is 0 Å². The molecule has 0 aromatic carbocycles. The SMILES string of the molecule is Nc1cc[n+](CCC(=O)N[C@@H](CO)C(=O)O)c(=O)[nH]1. The Balaban J connectivity index is 2.54. The molecule has 1 heterocycles. The van der Waals surface area contributed by atoms with E-state index >= 15 is 0 Å². The molecule has 9 heteroatoms. The average molecular weight is 271 g/mol. The lowest BCUT2D eigenvalue weighted by molar-refractivity contribution is -0.712. The summed E-state index contributed by atoms with van der Waals surface area (Å²) < 4.78 is 1.23. The Bertz CT molecular complexity index is 527. The minimum Gasteiger partial charge on any atom is -0.480 e. The van der Waals surface area contributed by atoms with Gasteiger partial charge < -0.3 is 21.3 Å². The van der Waals surface area contributed by atoms with E-state index in [1.807, 2.05) is 0 Å². The number of carboxylic acids is 1. The molecule has 0 spiro atoms. The normalized spacial score (nSPS) is 11.8. The highest BCUT2D eigenvalue weighted by Gasteiger charge is 2.19. The molecule has 1 aromatic rings. The van der Waals surface area contributed by atoms with Gasteiger partial charge in [0.2, 0.25) is 5.91 Å². The molecule has 0 unspecified atom stereocenters. The summed E-state index contributed by atoms with van der Waals surface area (Å²) in [5, 5.41) is 19.5. The molecule has 1 amide bonds. The van der Waals surface area contributed by atoms with Crippen molar-refractivity contribution in [2.75, 3.05) is 12.3 Å². The van der Waals surface area contributed by atoms with Crippen LogP contribution >= 0.6 is 0 Å². The van der Waals surface area contributed by atoms with E-state index in [4.69, 9.17) is 15.9 Å². The van der Waals surface area contributed by atoms with Crippen LogP contribution in [0.1, 0.15) is 6.42 Å². The summed E-state index contributed by atoms with van der Waals surface area (Å²) in [7, 11) is 0. The average Bonchev–Trinajstić information content (AvgIpc) is 2.34. The fourth-order valence-electron chi connectivity index (χ4n) is 1.32. The predicted octanol–water partition coefficient (Wildman–Crippen LogP) is -2.80. The highest BCUT2D eigenvalue weighted by atomic mass is 16.4. The third kappa shape index (κ3) is 4.39. The maximum Gasteiger partial charge on any atom is 0.497 e. The number of carboxylic acid groups (broad SMARTS) is 1. The number of carbonyl (C=O) groups is 2. The molecule has 0 aliphatic rings. The Hall–Kier alpha value is -2.42. The molecule has 1 rings (SSSR count). The van der Waals surface area contributed by atoms with Crippen molar-refractivity contribution in [3.63, 3.8) is 0 Å². The second kappa shape index (κ2) is 6.50. The van der Waals surface area contributed by atoms with Crippen LogP contribution in [0.3, 0.4) is 0 Å². The largest absolute Gasteiger partial charge is 0.497 e. The molecule has 0 bridgehead atoms. The van der Waals surface area contributed by atoms with E-state index in [0.717, 1.165) is 0 Å². The minimum atomic E-state index is -1.35. The first-order valence-electron chi connectivity index (χ1n) is 5.45. The standard InChI is InChI=1S/C10H14N4O5/c11-7-1-3-14(10(19)13-7)4-2-8(16)12-6(5-15)9(17)18/h1,3,6,15H,2,4-5H2,(H4,11,12,13,16,17,18,19)/p+1/t6-/m0/s1. The molecule has 0 saturated heterocycles. The number of H-pyrrole nitrogens is 1. The first kappa shape index (κ1) is 14.6. The van der Waals surface area contributed by atoms with Crippen LogP contribution in [0.15, 0.2) is 17.1 Å². The van der Waals surface area contributed by atoms with E-state index in [-0.39, 0.29) is 18.8 Å². The van der Waals surface area contributed by atoms with Gasteiger partial charge in [-0.1, -0.05) is 0 Å². The second-order valence-corrected chi connectivity index (χ2v) is 3.79. The van der Waals surface area contributed by atoms with Gasteiger partial charge >= 0.3 is 11.7 Å². The number of carbonyl (C=O) groups excluding carboxylic acids is 1. The van der Waals surface area contributed by atoms with Crippen LogP contribution < -0.4 is 21.3 Å². The number of aliphatic carboxylic acids is 1. The van der Waals surface area contributed by atoms with Crippen molar-refractivity contribution < 1.29 is 24.4 Å². The van der Waals surface area contributed by atoms with E-state index < -0.39 is 30.2 Å². The molecule has 0 aliphatic carbocycles. The number of nitrogens with zero attached hydrogens (tertiary/aromatic N) is 1. The highest BCUT2D eigenvalue weighted by molar-refractivity contribution is 5.83. The number of amides is 1. The van der Waals surface area contributed by atoms with Crippen molar-refractivity contribution in [2.24, 2.45) is 0 Å². The third-order valence-corrected chi connectivity index (χ3v) is 2.34. The number of nitrogens with two attached hydrogens (primary N) is 1. The van der Waals surface area contributed by atoms with Gasteiger partial charge in [-0.3, -0.25) is 4.79 Å². The van der Waals surface area contributed by atoms with Crippen molar-refractivity contribution in [3.05, 3.63) is 22.7 Å². The number of aliphatic hydroxyl groups is 1. The molecule has 0 radical (unpaired) electrons. The number of aliphatic hydroxyl groups excluding tert-OH is 1. The first-order chi connectivity index (χ1) is 8.93. The minimum absolute atomic E-state index is 0.0687. The van der Waals surface area contributed by atoms with Gasteiger partial charge in [0.05, 0.1) is 19.2 Å². The number of hydrogen-bond donors (Lipinski definition) is 5. The maximum absolute atomic E-state index is 11.4. The van der Waals surface area contributed by atoms with Gasteiger partial charge in [0, 0.05) is 6.07 Å². The zero-order chi connectivity index (χ0) is 14.4. The van der Waals surface area contributed by atoms with E-state index in [9.17, 15) is 14.4 Å². The van der Waals surface area contributed by atoms with Gasteiger partial charge in [0.1, 0.15) is 12.6 Å². The van der Waals surface area contributed by atoms with E-state index in [1.54, 1.807) is 0 Å². The van der Waals surface area contributed by atoms with Crippen LogP contribution in [0, 0.1) is 0 Å². The first-order valence-corrected chi connectivity index (χ1v) is 5.45. The quantitative estimate of drug-likeness (QED) is 0.353. The number of aryl methyl sites for hydroxylation is 1. The smallest absolute Gasteiger partial charge is 0.480 e. The molecule has 1 atom stereocenters. The van der Waals surface area contributed by atoms with Crippen LogP contribution in [-0.2, 0) is 16.1 Å². The zero-order valence-corrected chi connectivity index (χ0v) is 10.00. The Labute approximate surface area is 107 Å². The lowest BCUT2D eigenvalue weighted by atomic mass is 10.3. The summed E-state index contributed by atoms with van der Waals surface area (Å²) in [5.74, 6) is -1.70. The van der Waals surface area contributed by atoms with Gasteiger partial charge in [-0.25, -0.2) is 4.79 Å². The Kier molecular flexibility index (Phi) is 5.01. The molecule has 104 valence electrons. The Morgan fingerprint density at radius 3 is 2.74 bits per heavy atom. The lowest BCUT2D eigenvalue weighted by Gasteiger charge is -2.10. The second-order valence-electron chi connectivity index (χ2n) is 3.79. The summed E-state index contributed by atoms with van der Waals surface area (Å²) >= 11 is 0. The summed E-state index contributed by atoms with van der Waals surface area (Å²) in [6, 6.07) is 0.120. The summed E-state index contributed by atoms with van der Waals surface area (Å²) in [5.41, 5.74) is 4.89. The monoisotopic (exact) mass is 271 g/mol. The van der Waals surface area contributed by atoms with Crippen LogP contribution in [-0.4, -0.2) is 39.7 Å². The molecular formula is C10H15N4O5+. The third-order valence-electron chi connectivity index (χ3n) is 2.34. The Morgan fingerprint density at radius 1 is 1.53 bits per heavy atom. The van der Waals surface area contributed by atoms with Crippen LogP contribution in [0.2, 0.25) is 0 Å². The maximum atomic E-state index is 11.4. The van der Waals surface area contributed by atoms with Gasteiger partial charge in [-0.15, -0.1) is 0 Å². The number of aromatic amines is 1. The van der Waals surface area contributed by atoms with Gasteiger partial charge in [-0.2, -0.15) is 14.3 Å². The number of nitrogens with one attached hydrogen (secondary N) is 2. The van der Waals surface area contributed by atoms with Gasteiger partial charge in [0.25, 0.3) is 0 Å². The molecule has 0 aliphatic heterocycles. The molecule has 19 heavy (non-hydrogen) atoms. The van der Waals surface area contributed by atoms with Crippen LogP contribution in [0.5, 0.6) is 0 Å². The van der Waals surface area contributed by atoms with Crippen LogP contribution in [0.25, 0.3) is 0 Å². The fourth-order valence-corrected chi connectivity index (χ4v) is 1.32. The molecular weight excluding hydrogens is 256 g/mol. The number of anilines is 1. The molecule has 1 aromatic heterocycles. The number of hydrogen-bond acceptors (Lipinski definition) is 5. The number of rotatable bonds is 6. The topological polar surface area (TPSA) is 149 Å². The van der Waals surface area contributed by atoms with Gasteiger partial charge in [0.15, 0.2) is 5.82 Å². The summed E-state index contributed by atoms with van der Waals surface area (Å²) in [6.07, 6.45) is 1.32. The van der Waals surface area contributed by atoms with Crippen molar-refractivity contribution in [1.82, 2.24) is 10.3 Å². The molecule has 0 saturated carbocycles. The summed E-state index contributed by atoms with van der Waals surface area (Å²) in [4.78, 5) is 35.8. The van der Waals surface area contributed by atoms with E-state index in [1.165, 1.54) is 16.8 Å². The molecule has 9 nitrogen and oxygen atoms in total. The zero-order valence-electron chi connectivity index (χ0n) is 10.00. The number of nitrogen functional groups attached to an aromatic ring is 1. The molecule has 0 fully saturated rings. The fraction of sp³-hybridized carbons (Fsp3) is 0.400. The Morgan fingerprint density at radius 2 is 2.21 bits per heavy atom. The molecule has 6 N–H and O–H groups in total. The predicted molar refractivity (Wildman–Crippen MR) is 62.9 cm³/mol. The van der Waals surface area contributed by atoms with E-state index in [2.05, 4.69) is 10.3 Å². The van der Waals surface area contributed by atoms with Crippen LogP contribution in [0.4, 0.5) is 5.82 Å². The van der Waals surface area contributed by atoms with Crippen molar-refractivity contribution >= 4 is 17.7 Å². The highest BCUT2D eigenvalue weighted by Crippen LogP contribution is 1.88.